The molecule has 6 rings (SSSR count). The molecule has 0 heterocycles. The summed E-state index contributed by atoms with van der Waals surface area (Å²) in [5.74, 6) is 0.171. The van der Waals surface area contributed by atoms with Gasteiger partial charge in [-0.05, 0) is 60.1 Å². The number of nitrogens with one attached hydrogen (secondary N) is 1. The highest BCUT2D eigenvalue weighted by atomic mass is 16.5. The van der Waals surface area contributed by atoms with Gasteiger partial charge in [0.2, 0.25) is 5.91 Å². The second kappa shape index (κ2) is 6.87. The van der Waals surface area contributed by atoms with Crippen molar-refractivity contribution in [2.45, 2.75) is 39.5 Å². The van der Waals surface area contributed by atoms with Crippen LogP contribution in [0.25, 0.3) is 0 Å². The van der Waals surface area contributed by atoms with E-state index in [0.29, 0.717) is 5.75 Å². The maximum atomic E-state index is 11.5. The molecule has 0 aliphatic heterocycles. The summed E-state index contributed by atoms with van der Waals surface area (Å²) in [6, 6.07) is 12.5. The number of carbonyl (C=O) groups excluding carboxylic acids is 2. The molecule has 2 aromatic carbocycles. The second-order valence-corrected chi connectivity index (χ2v) is 6.21. The third-order valence-corrected chi connectivity index (χ3v) is 4.24. The largest absolute Gasteiger partial charge is 0.426 e. The van der Waals surface area contributed by atoms with Crippen LogP contribution < -0.4 is 10.1 Å². The number of hydrogen-bond donors (Lipinski definition) is 1. The van der Waals surface area contributed by atoms with Crippen molar-refractivity contribution < 1.29 is 14.3 Å². The molecule has 1 N–H and O–H groups in total. The van der Waals surface area contributed by atoms with Crippen LogP contribution >= 0.6 is 0 Å². The fourth-order valence-electron chi connectivity index (χ4n) is 3.06. The Morgan fingerprint density at radius 2 is 1.46 bits per heavy atom. The van der Waals surface area contributed by atoms with Crippen LogP contribution in [-0.2, 0) is 35.3 Å². The average molecular weight is 323 g/mol. The minimum Gasteiger partial charge on any atom is -0.426 e. The zero-order valence-electron chi connectivity index (χ0n) is 14.0. The van der Waals surface area contributed by atoms with Crippen molar-refractivity contribution in [1.82, 2.24) is 0 Å². The van der Waals surface area contributed by atoms with Crippen molar-refractivity contribution in [3.05, 3.63) is 58.7 Å². The van der Waals surface area contributed by atoms with Crippen LogP contribution in [0, 0.1) is 0 Å². The molecule has 4 nitrogen and oxygen atoms in total. The number of anilines is 1. The third-order valence-electron chi connectivity index (χ3n) is 4.24. The van der Waals surface area contributed by atoms with Gasteiger partial charge in [-0.3, -0.25) is 9.59 Å². The fourth-order valence-corrected chi connectivity index (χ4v) is 3.06. The molecule has 124 valence electrons. The van der Waals surface area contributed by atoms with Gasteiger partial charge in [-0.1, -0.05) is 24.3 Å². The number of hydrogen-bond acceptors (Lipinski definition) is 3. The summed E-state index contributed by atoms with van der Waals surface area (Å²) in [6.07, 6.45) is 3.23. The molecule has 1 amide bonds. The molecule has 0 fully saturated rings. The molecule has 4 bridgehead atoms. The molecule has 0 saturated carbocycles. The van der Waals surface area contributed by atoms with E-state index in [-0.39, 0.29) is 11.9 Å². The van der Waals surface area contributed by atoms with Crippen molar-refractivity contribution in [2.75, 3.05) is 5.32 Å². The van der Waals surface area contributed by atoms with Gasteiger partial charge in [0.05, 0.1) is 0 Å². The van der Waals surface area contributed by atoms with Crippen LogP contribution in [-0.4, -0.2) is 11.9 Å². The normalized spacial score (nSPS) is 13.1. The van der Waals surface area contributed by atoms with E-state index in [4.69, 9.17) is 4.74 Å². The lowest BCUT2D eigenvalue weighted by molar-refractivity contribution is -0.132. The predicted octanol–water partition coefficient (Wildman–Crippen LogP) is 3.45. The second-order valence-electron chi connectivity index (χ2n) is 6.21. The Morgan fingerprint density at radius 3 is 2.00 bits per heavy atom. The molecule has 4 aliphatic rings. The lowest BCUT2D eigenvalue weighted by Gasteiger charge is -2.18. The summed E-state index contributed by atoms with van der Waals surface area (Å²) < 4.78 is 5.42. The molecule has 0 radical (unpaired) electrons. The number of benzene rings is 2. The number of esters is 1. The van der Waals surface area contributed by atoms with Gasteiger partial charge in [-0.15, -0.1) is 0 Å². The Balaban J connectivity index is 2.06. The molecule has 2 aromatic rings. The predicted molar refractivity (Wildman–Crippen MR) is 93.3 cm³/mol. The number of rotatable bonds is 2. The van der Waals surface area contributed by atoms with Crippen LogP contribution in [0.5, 0.6) is 5.75 Å². The maximum Gasteiger partial charge on any atom is 0.308 e. The van der Waals surface area contributed by atoms with E-state index >= 15 is 0 Å². The zero-order chi connectivity index (χ0) is 17.1. The first-order valence-corrected chi connectivity index (χ1v) is 8.21. The number of aryl methyl sites for hydroxylation is 4. The van der Waals surface area contributed by atoms with Gasteiger partial charge in [0, 0.05) is 19.5 Å². The number of ether oxygens (including phenoxy) is 1. The molecule has 0 spiro atoms. The Bertz CT molecular complexity index is 711. The summed E-state index contributed by atoms with van der Waals surface area (Å²) in [5.41, 5.74) is 5.23. The highest BCUT2D eigenvalue weighted by Gasteiger charge is 2.15. The molecule has 0 saturated heterocycles. The summed E-state index contributed by atoms with van der Waals surface area (Å²) in [7, 11) is 0. The van der Waals surface area contributed by atoms with E-state index in [2.05, 4.69) is 29.6 Å². The van der Waals surface area contributed by atoms with Gasteiger partial charge in [-0.25, -0.2) is 0 Å². The van der Waals surface area contributed by atoms with E-state index in [1.165, 1.54) is 25.0 Å². The van der Waals surface area contributed by atoms with Crippen molar-refractivity contribution in [3.8, 4) is 5.75 Å². The summed E-state index contributed by atoms with van der Waals surface area (Å²) in [4.78, 5) is 23.0. The lowest BCUT2D eigenvalue weighted by atomic mass is 9.94. The summed E-state index contributed by atoms with van der Waals surface area (Å²) in [5, 5.41) is 2.91. The summed E-state index contributed by atoms with van der Waals surface area (Å²) in [6.45, 7) is 2.91. The first-order chi connectivity index (χ1) is 11.5. The number of amides is 1. The average Bonchev–Trinajstić information content (AvgIpc) is 2.51. The van der Waals surface area contributed by atoms with E-state index in [1.807, 2.05) is 12.1 Å². The number of carbonyl (C=O) groups is 2. The van der Waals surface area contributed by atoms with Crippen molar-refractivity contribution in [1.29, 1.82) is 0 Å². The molecular formula is C20H21NO3. The monoisotopic (exact) mass is 323 g/mol. The van der Waals surface area contributed by atoms with E-state index < -0.39 is 0 Å². The lowest BCUT2D eigenvalue weighted by Crippen LogP contribution is -2.12. The van der Waals surface area contributed by atoms with Gasteiger partial charge < -0.3 is 10.1 Å². The van der Waals surface area contributed by atoms with Crippen molar-refractivity contribution >= 4 is 17.6 Å². The molecule has 0 atom stereocenters. The maximum absolute atomic E-state index is 11.5. The van der Waals surface area contributed by atoms with E-state index in [9.17, 15) is 9.59 Å². The molecule has 4 aliphatic carbocycles. The Morgan fingerprint density at radius 1 is 0.875 bits per heavy atom. The van der Waals surface area contributed by atoms with Crippen molar-refractivity contribution in [3.63, 3.8) is 0 Å². The van der Waals surface area contributed by atoms with Crippen LogP contribution in [0.4, 0.5) is 5.69 Å². The van der Waals surface area contributed by atoms with Gasteiger partial charge in [0.25, 0.3) is 0 Å². The van der Waals surface area contributed by atoms with Gasteiger partial charge >= 0.3 is 5.97 Å². The van der Waals surface area contributed by atoms with Crippen LogP contribution in [0.2, 0.25) is 0 Å². The van der Waals surface area contributed by atoms with Crippen LogP contribution in [0.3, 0.4) is 0 Å². The third kappa shape index (κ3) is 3.82. The fraction of sp³-hybridized carbons (Fsp3) is 0.300. The van der Waals surface area contributed by atoms with E-state index in [0.717, 1.165) is 42.5 Å². The topological polar surface area (TPSA) is 55.4 Å². The minimum absolute atomic E-state index is 0.0992. The van der Waals surface area contributed by atoms with Crippen LogP contribution in [0.15, 0.2) is 36.4 Å². The minimum atomic E-state index is -0.329. The van der Waals surface area contributed by atoms with Gasteiger partial charge in [0.1, 0.15) is 5.75 Å². The standard InChI is InChI=1S/C20H21NO3/c1-13(22)21-19-11-18-10-8-16-5-3-15(4-6-16)7-9-17(19)12-20(18)24-14(2)23/h3-6,11-12H,7-10H2,1-2H3,(H,21,22). The smallest absolute Gasteiger partial charge is 0.308 e. The molecule has 4 heteroatoms. The quantitative estimate of drug-likeness (QED) is 0.680. The summed E-state index contributed by atoms with van der Waals surface area (Å²) >= 11 is 0. The SMILES string of the molecule is CC(=O)Nc1cc2c(OC(C)=O)cc1CCc1ccc(cc1)CC2. The van der Waals surface area contributed by atoms with Gasteiger partial charge in [0.15, 0.2) is 0 Å². The first-order valence-electron chi connectivity index (χ1n) is 8.21. The van der Waals surface area contributed by atoms with Crippen molar-refractivity contribution in [2.24, 2.45) is 0 Å². The Labute approximate surface area is 141 Å². The molecule has 0 unspecified atom stereocenters. The first kappa shape index (κ1) is 16.2. The van der Waals surface area contributed by atoms with Crippen LogP contribution in [0.1, 0.15) is 36.1 Å². The van der Waals surface area contributed by atoms with E-state index in [1.54, 1.807) is 0 Å². The Kier molecular flexibility index (Phi) is 4.65. The molecular weight excluding hydrogens is 302 g/mol. The Hall–Kier alpha value is -2.62. The highest BCUT2D eigenvalue weighted by Crippen LogP contribution is 2.31. The van der Waals surface area contributed by atoms with Gasteiger partial charge in [-0.2, -0.15) is 0 Å². The molecule has 0 aromatic heterocycles. The zero-order valence-corrected chi connectivity index (χ0v) is 14.0. The molecule has 24 heavy (non-hydrogen) atoms. The highest BCUT2D eigenvalue weighted by molar-refractivity contribution is 5.90.